The third-order valence-corrected chi connectivity index (χ3v) is 3.62. The summed E-state index contributed by atoms with van der Waals surface area (Å²) in [6, 6.07) is 13.1. The van der Waals surface area contributed by atoms with Crippen molar-refractivity contribution < 1.29 is 14.6 Å². The van der Waals surface area contributed by atoms with E-state index in [1.54, 1.807) is 42.5 Å². The molecule has 0 aliphatic heterocycles. The fraction of sp³-hybridized carbons (Fsp3) is 0.0625. The van der Waals surface area contributed by atoms with Crippen molar-refractivity contribution in [3.63, 3.8) is 0 Å². The van der Waals surface area contributed by atoms with Gasteiger partial charge in [0.05, 0.1) is 22.7 Å². The highest BCUT2D eigenvalue weighted by Gasteiger charge is 2.24. The number of nitro benzene ring substituents is 1. The molecule has 23 heavy (non-hydrogen) atoms. The molecule has 2 aromatic carbocycles. The first-order valence-corrected chi connectivity index (χ1v) is 7.08. The van der Waals surface area contributed by atoms with Crippen molar-refractivity contribution >= 4 is 17.3 Å². The number of nitro groups is 1. The van der Waals surface area contributed by atoms with Gasteiger partial charge in [0.2, 0.25) is 0 Å². The molecule has 6 nitrogen and oxygen atoms in total. The lowest BCUT2D eigenvalue weighted by atomic mass is 10.0. The maximum atomic E-state index is 11.2. The van der Waals surface area contributed by atoms with Crippen LogP contribution in [-0.2, 0) is 6.61 Å². The van der Waals surface area contributed by atoms with Gasteiger partial charge in [0.15, 0.2) is 5.76 Å². The van der Waals surface area contributed by atoms with Gasteiger partial charge in [0, 0.05) is 16.7 Å². The standard InChI is InChI=1S/C16H11ClN2O4/c17-11-5-3-4-10(8-11)16-13(9-20)15(18-23-16)12-6-1-2-7-14(12)19(21)22/h1-8,20H,9H2. The number of aromatic nitrogens is 1. The number of para-hydroxylation sites is 1. The third-order valence-electron chi connectivity index (χ3n) is 3.39. The van der Waals surface area contributed by atoms with Crippen LogP contribution in [0.1, 0.15) is 5.56 Å². The van der Waals surface area contributed by atoms with Crippen LogP contribution in [0.2, 0.25) is 5.02 Å². The van der Waals surface area contributed by atoms with Gasteiger partial charge in [-0.15, -0.1) is 0 Å². The summed E-state index contributed by atoms with van der Waals surface area (Å²) in [6.45, 7) is -0.368. The predicted molar refractivity (Wildman–Crippen MR) is 85.0 cm³/mol. The Morgan fingerprint density at radius 3 is 2.70 bits per heavy atom. The number of halogens is 1. The molecular formula is C16H11ClN2O4. The summed E-state index contributed by atoms with van der Waals surface area (Å²) in [5.41, 5.74) is 1.45. The molecule has 0 radical (unpaired) electrons. The Kier molecular flexibility index (Phi) is 4.10. The smallest absolute Gasteiger partial charge is 0.278 e. The van der Waals surface area contributed by atoms with Crippen LogP contribution in [0.15, 0.2) is 53.1 Å². The molecule has 0 spiro atoms. The summed E-state index contributed by atoms with van der Waals surface area (Å²) < 4.78 is 5.33. The van der Waals surface area contributed by atoms with E-state index < -0.39 is 4.92 Å². The van der Waals surface area contributed by atoms with E-state index in [1.807, 2.05) is 0 Å². The predicted octanol–water partition coefficient (Wildman–Crippen LogP) is 4.06. The quantitative estimate of drug-likeness (QED) is 0.575. The molecular weight excluding hydrogens is 320 g/mol. The van der Waals surface area contributed by atoms with Crippen molar-refractivity contribution in [2.24, 2.45) is 0 Å². The lowest BCUT2D eigenvalue weighted by Gasteiger charge is -2.02. The van der Waals surface area contributed by atoms with E-state index in [9.17, 15) is 15.2 Å². The highest BCUT2D eigenvalue weighted by Crippen LogP contribution is 2.36. The zero-order valence-electron chi connectivity index (χ0n) is 11.8. The van der Waals surface area contributed by atoms with E-state index in [0.29, 0.717) is 27.5 Å². The summed E-state index contributed by atoms with van der Waals surface area (Å²) in [5, 5.41) is 25.3. The summed E-state index contributed by atoms with van der Waals surface area (Å²) in [7, 11) is 0. The number of benzene rings is 2. The average Bonchev–Trinajstić information content (AvgIpc) is 2.98. The number of rotatable bonds is 4. The van der Waals surface area contributed by atoms with Crippen LogP contribution in [0.4, 0.5) is 5.69 Å². The second-order valence-electron chi connectivity index (χ2n) is 4.78. The first-order chi connectivity index (χ1) is 11.1. The first-order valence-electron chi connectivity index (χ1n) is 6.71. The Labute approximate surface area is 136 Å². The van der Waals surface area contributed by atoms with Gasteiger partial charge >= 0.3 is 0 Å². The number of aliphatic hydroxyl groups excluding tert-OH is 1. The molecule has 0 bridgehead atoms. The van der Waals surface area contributed by atoms with Crippen molar-refractivity contribution in [1.29, 1.82) is 0 Å². The maximum Gasteiger partial charge on any atom is 0.278 e. The normalized spacial score (nSPS) is 10.7. The molecule has 0 aliphatic carbocycles. The third kappa shape index (κ3) is 2.81. The van der Waals surface area contributed by atoms with Gasteiger partial charge in [-0.1, -0.05) is 41.0 Å². The SMILES string of the molecule is O=[N+]([O-])c1ccccc1-c1noc(-c2cccc(Cl)c2)c1CO. The van der Waals surface area contributed by atoms with Crippen LogP contribution in [0.5, 0.6) is 0 Å². The number of hydrogen-bond acceptors (Lipinski definition) is 5. The number of nitrogens with zero attached hydrogens (tertiary/aromatic N) is 2. The minimum atomic E-state index is -0.496. The molecule has 0 unspecified atom stereocenters. The van der Waals surface area contributed by atoms with Crippen LogP contribution >= 0.6 is 11.6 Å². The van der Waals surface area contributed by atoms with E-state index >= 15 is 0 Å². The minimum Gasteiger partial charge on any atom is -0.391 e. The van der Waals surface area contributed by atoms with Gasteiger partial charge in [0.25, 0.3) is 5.69 Å². The van der Waals surface area contributed by atoms with Crippen molar-refractivity contribution in [2.45, 2.75) is 6.61 Å². The lowest BCUT2D eigenvalue weighted by Crippen LogP contribution is -1.94. The van der Waals surface area contributed by atoms with Gasteiger partial charge in [0.1, 0.15) is 5.69 Å². The summed E-state index contributed by atoms with van der Waals surface area (Å²) in [6.07, 6.45) is 0. The van der Waals surface area contributed by atoms with Gasteiger partial charge < -0.3 is 9.63 Å². The molecule has 1 heterocycles. The minimum absolute atomic E-state index is 0.104. The highest BCUT2D eigenvalue weighted by atomic mass is 35.5. The van der Waals surface area contributed by atoms with E-state index in [0.717, 1.165) is 0 Å². The Morgan fingerprint density at radius 1 is 1.22 bits per heavy atom. The van der Waals surface area contributed by atoms with Gasteiger partial charge in [-0.05, 0) is 18.2 Å². The number of aliphatic hydroxyl groups is 1. The second-order valence-corrected chi connectivity index (χ2v) is 5.22. The van der Waals surface area contributed by atoms with Crippen molar-refractivity contribution in [3.8, 4) is 22.6 Å². The molecule has 3 aromatic rings. The molecule has 7 heteroatoms. The molecule has 116 valence electrons. The zero-order chi connectivity index (χ0) is 16.4. The summed E-state index contributed by atoms with van der Waals surface area (Å²) in [5.74, 6) is 0.336. The average molecular weight is 331 g/mol. The van der Waals surface area contributed by atoms with Crippen LogP contribution in [-0.4, -0.2) is 15.2 Å². The molecule has 0 saturated carbocycles. The molecule has 1 N–H and O–H groups in total. The fourth-order valence-corrected chi connectivity index (χ4v) is 2.55. The van der Waals surface area contributed by atoms with E-state index in [-0.39, 0.29) is 18.0 Å². The van der Waals surface area contributed by atoms with Crippen molar-refractivity contribution in [1.82, 2.24) is 5.16 Å². The second kappa shape index (κ2) is 6.20. The lowest BCUT2D eigenvalue weighted by molar-refractivity contribution is -0.384. The molecule has 0 aliphatic rings. The topological polar surface area (TPSA) is 89.4 Å². The van der Waals surface area contributed by atoms with Crippen molar-refractivity contribution in [3.05, 3.63) is 69.2 Å². The van der Waals surface area contributed by atoms with Crippen LogP contribution < -0.4 is 0 Å². The van der Waals surface area contributed by atoms with Crippen LogP contribution in [0, 0.1) is 10.1 Å². The highest BCUT2D eigenvalue weighted by molar-refractivity contribution is 6.30. The largest absolute Gasteiger partial charge is 0.391 e. The molecule has 1 aromatic heterocycles. The fourth-order valence-electron chi connectivity index (χ4n) is 2.36. The molecule has 0 saturated heterocycles. The van der Waals surface area contributed by atoms with E-state index in [4.69, 9.17) is 16.1 Å². The Bertz CT molecular complexity index is 876. The van der Waals surface area contributed by atoms with E-state index in [2.05, 4.69) is 5.16 Å². The van der Waals surface area contributed by atoms with E-state index in [1.165, 1.54) is 6.07 Å². The Balaban J connectivity index is 2.18. The zero-order valence-corrected chi connectivity index (χ0v) is 12.5. The first kappa shape index (κ1) is 15.2. The summed E-state index contributed by atoms with van der Waals surface area (Å²) >= 11 is 5.97. The molecule has 0 fully saturated rings. The van der Waals surface area contributed by atoms with Gasteiger partial charge in [-0.3, -0.25) is 10.1 Å². The molecule has 3 rings (SSSR count). The Hall–Kier alpha value is -2.70. The summed E-state index contributed by atoms with van der Waals surface area (Å²) in [4.78, 5) is 10.7. The molecule has 0 atom stereocenters. The van der Waals surface area contributed by atoms with Crippen LogP contribution in [0.25, 0.3) is 22.6 Å². The van der Waals surface area contributed by atoms with Crippen LogP contribution in [0.3, 0.4) is 0 Å². The monoisotopic (exact) mass is 330 g/mol. The Morgan fingerprint density at radius 2 is 2.00 bits per heavy atom. The maximum absolute atomic E-state index is 11.2. The number of hydrogen-bond donors (Lipinski definition) is 1. The van der Waals surface area contributed by atoms with Gasteiger partial charge in [-0.25, -0.2) is 0 Å². The molecule has 0 amide bonds. The van der Waals surface area contributed by atoms with Gasteiger partial charge in [-0.2, -0.15) is 0 Å². The van der Waals surface area contributed by atoms with Crippen molar-refractivity contribution in [2.75, 3.05) is 0 Å².